The van der Waals surface area contributed by atoms with Crippen LogP contribution in [0.5, 0.6) is 0 Å². The van der Waals surface area contributed by atoms with E-state index in [9.17, 15) is 14.4 Å². The van der Waals surface area contributed by atoms with Gasteiger partial charge in [-0.3, -0.25) is 19.3 Å². The van der Waals surface area contributed by atoms with Crippen LogP contribution in [0.4, 0.5) is 5.69 Å². The van der Waals surface area contributed by atoms with Crippen molar-refractivity contribution in [1.82, 2.24) is 10.6 Å². The molecule has 1 aromatic rings. The van der Waals surface area contributed by atoms with Crippen LogP contribution in [-0.2, 0) is 19.1 Å². The molecule has 1 saturated carbocycles. The lowest BCUT2D eigenvalue weighted by molar-refractivity contribution is -0.135. The highest BCUT2D eigenvalue weighted by Crippen LogP contribution is 2.60. The van der Waals surface area contributed by atoms with Crippen molar-refractivity contribution in [3.05, 3.63) is 42.5 Å². The number of fused-ring (bicyclic) bond motifs is 1. The Kier molecular flexibility index (Phi) is 5.62. The molecule has 3 heterocycles. The standard InChI is InChI=1S/C28H37N3O4/c1-17-11-9-10-14-19(17)29-23(32)20-21-25(34)31(18-12-7-6-8-13-18)22(24(33)30-26(2,3)4)28(21)16-15-27(20,5)35-28/h6-8,12-13,15-17,19-22H,9-11,14H2,1-5H3,(H,29,32)(H,30,33)/t17-,19+,20+,21+,22+,27-,28-/m1/s1. The van der Waals surface area contributed by atoms with Gasteiger partial charge in [-0.15, -0.1) is 0 Å². The Bertz CT molecular complexity index is 1060. The van der Waals surface area contributed by atoms with Crippen LogP contribution >= 0.6 is 0 Å². The van der Waals surface area contributed by atoms with Gasteiger partial charge < -0.3 is 15.4 Å². The van der Waals surface area contributed by atoms with Gasteiger partial charge in [0.05, 0.1) is 17.4 Å². The molecule has 2 N–H and O–H groups in total. The van der Waals surface area contributed by atoms with Gasteiger partial charge in [-0.2, -0.15) is 0 Å². The van der Waals surface area contributed by atoms with E-state index in [0.29, 0.717) is 11.6 Å². The molecule has 1 aliphatic carbocycles. The van der Waals surface area contributed by atoms with Crippen molar-refractivity contribution in [1.29, 1.82) is 0 Å². The molecule has 7 atom stereocenters. The average molecular weight is 480 g/mol. The SMILES string of the molecule is C[C@@H]1CCCC[C@@H]1NC(=O)[C@@H]1[C@H]2C(=O)N(c3ccccc3)[C@@H](C(=O)NC(C)(C)C)[C@@]23C=C[C@@]1(C)O3. The van der Waals surface area contributed by atoms with Gasteiger partial charge in [-0.25, -0.2) is 0 Å². The number of carbonyl (C=O) groups is 3. The number of nitrogens with one attached hydrogen (secondary N) is 2. The zero-order chi connectivity index (χ0) is 25.2. The Morgan fingerprint density at radius 1 is 1.06 bits per heavy atom. The van der Waals surface area contributed by atoms with E-state index in [1.165, 1.54) is 6.42 Å². The summed E-state index contributed by atoms with van der Waals surface area (Å²) in [5.41, 5.74) is -2.00. The van der Waals surface area contributed by atoms with Crippen LogP contribution in [0.3, 0.4) is 0 Å². The number of rotatable bonds is 4. The second-order valence-electron chi connectivity index (χ2n) is 12.0. The molecule has 3 amide bonds. The van der Waals surface area contributed by atoms with Crippen molar-refractivity contribution in [3.63, 3.8) is 0 Å². The zero-order valence-corrected chi connectivity index (χ0v) is 21.3. The van der Waals surface area contributed by atoms with Crippen LogP contribution in [0.1, 0.15) is 60.3 Å². The molecule has 2 saturated heterocycles. The fourth-order valence-corrected chi connectivity index (χ4v) is 6.64. The third-order valence-electron chi connectivity index (χ3n) is 8.20. The van der Waals surface area contributed by atoms with Gasteiger partial charge in [0.15, 0.2) is 0 Å². The van der Waals surface area contributed by atoms with Gasteiger partial charge >= 0.3 is 0 Å². The Morgan fingerprint density at radius 3 is 2.40 bits per heavy atom. The van der Waals surface area contributed by atoms with E-state index in [2.05, 4.69) is 17.6 Å². The van der Waals surface area contributed by atoms with Gasteiger partial charge in [-0.05, 0) is 58.6 Å². The second kappa shape index (κ2) is 8.19. The number of ether oxygens (including phenoxy) is 1. The Balaban J connectivity index is 1.54. The minimum atomic E-state index is -1.20. The molecule has 0 radical (unpaired) electrons. The normalized spacial score (nSPS) is 37.9. The number of amides is 3. The molecule has 1 spiro atoms. The van der Waals surface area contributed by atoms with E-state index in [0.717, 1.165) is 19.3 Å². The quantitative estimate of drug-likeness (QED) is 0.649. The van der Waals surface area contributed by atoms with E-state index in [1.54, 1.807) is 4.90 Å². The molecule has 1 aromatic carbocycles. The summed E-state index contributed by atoms with van der Waals surface area (Å²) in [5, 5.41) is 6.32. The monoisotopic (exact) mass is 479 g/mol. The maximum absolute atomic E-state index is 14.1. The van der Waals surface area contributed by atoms with E-state index in [-0.39, 0.29) is 23.8 Å². The largest absolute Gasteiger partial charge is 0.356 e. The summed E-state index contributed by atoms with van der Waals surface area (Å²) in [6, 6.07) is 8.39. The minimum Gasteiger partial charge on any atom is -0.356 e. The highest BCUT2D eigenvalue weighted by Gasteiger charge is 2.76. The summed E-state index contributed by atoms with van der Waals surface area (Å²) in [4.78, 5) is 43.2. The smallest absolute Gasteiger partial charge is 0.246 e. The van der Waals surface area contributed by atoms with Gasteiger partial charge in [0.1, 0.15) is 11.6 Å². The molecule has 2 bridgehead atoms. The number of benzene rings is 1. The van der Waals surface area contributed by atoms with Gasteiger partial charge in [-0.1, -0.05) is 50.1 Å². The third kappa shape index (κ3) is 3.79. The van der Waals surface area contributed by atoms with Crippen molar-refractivity contribution in [2.75, 3.05) is 4.90 Å². The number of hydrogen-bond acceptors (Lipinski definition) is 4. The summed E-state index contributed by atoms with van der Waals surface area (Å²) < 4.78 is 6.60. The van der Waals surface area contributed by atoms with E-state index in [1.807, 2.05) is 70.2 Å². The molecule has 3 aliphatic heterocycles. The molecule has 0 aromatic heterocycles. The lowest BCUT2D eigenvalue weighted by atomic mass is 9.70. The van der Waals surface area contributed by atoms with Crippen LogP contribution in [0, 0.1) is 17.8 Å². The van der Waals surface area contributed by atoms with Gasteiger partial charge in [0.25, 0.3) is 0 Å². The summed E-state index contributed by atoms with van der Waals surface area (Å²) in [5.74, 6) is -1.75. The summed E-state index contributed by atoms with van der Waals surface area (Å²) >= 11 is 0. The van der Waals surface area contributed by atoms with Crippen LogP contribution in [0.2, 0.25) is 0 Å². The van der Waals surface area contributed by atoms with Crippen molar-refractivity contribution in [2.24, 2.45) is 17.8 Å². The van der Waals surface area contributed by atoms with Crippen LogP contribution in [0.15, 0.2) is 42.5 Å². The van der Waals surface area contributed by atoms with Crippen LogP contribution < -0.4 is 15.5 Å². The first-order valence-corrected chi connectivity index (χ1v) is 12.9. The van der Waals surface area contributed by atoms with Crippen LogP contribution in [0.25, 0.3) is 0 Å². The Hall–Kier alpha value is -2.67. The molecule has 7 nitrogen and oxygen atoms in total. The second-order valence-corrected chi connectivity index (χ2v) is 12.0. The lowest BCUT2D eigenvalue weighted by Gasteiger charge is -2.35. The zero-order valence-electron chi connectivity index (χ0n) is 21.3. The fourth-order valence-electron chi connectivity index (χ4n) is 6.64. The van der Waals surface area contributed by atoms with Gasteiger partial charge in [0.2, 0.25) is 17.7 Å². The predicted octanol–water partition coefficient (Wildman–Crippen LogP) is 3.34. The molecular weight excluding hydrogens is 442 g/mol. The van der Waals surface area contributed by atoms with Crippen molar-refractivity contribution in [2.45, 2.75) is 89.1 Å². The topological polar surface area (TPSA) is 87.7 Å². The first-order chi connectivity index (χ1) is 16.5. The number of carbonyl (C=O) groups excluding carboxylic acids is 3. The minimum absolute atomic E-state index is 0.0978. The van der Waals surface area contributed by atoms with Gasteiger partial charge in [0, 0.05) is 17.3 Å². The maximum Gasteiger partial charge on any atom is 0.246 e. The molecule has 0 unspecified atom stereocenters. The number of anilines is 1. The Morgan fingerprint density at radius 2 is 1.74 bits per heavy atom. The fraction of sp³-hybridized carbons (Fsp3) is 0.607. The summed E-state index contributed by atoms with van der Waals surface area (Å²) in [6.07, 6.45) is 8.06. The summed E-state index contributed by atoms with van der Waals surface area (Å²) in [7, 11) is 0. The number of hydrogen-bond donors (Lipinski definition) is 2. The third-order valence-corrected chi connectivity index (χ3v) is 8.20. The van der Waals surface area contributed by atoms with E-state index >= 15 is 0 Å². The Labute approximate surface area is 207 Å². The van der Waals surface area contributed by atoms with Crippen LogP contribution in [-0.4, -0.2) is 46.5 Å². The highest BCUT2D eigenvalue weighted by atomic mass is 16.5. The van der Waals surface area contributed by atoms with Crippen molar-refractivity contribution in [3.8, 4) is 0 Å². The predicted molar refractivity (Wildman–Crippen MR) is 134 cm³/mol. The van der Waals surface area contributed by atoms with Crippen molar-refractivity contribution >= 4 is 23.4 Å². The molecular formula is C28H37N3O4. The molecule has 7 heteroatoms. The molecule has 35 heavy (non-hydrogen) atoms. The van der Waals surface area contributed by atoms with E-state index in [4.69, 9.17) is 4.74 Å². The average Bonchev–Trinajstić information content (AvgIpc) is 3.35. The maximum atomic E-state index is 14.1. The number of para-hydroxylation sites is 1. The van der Waals surface area contributed by atoms with E-state index < -0.39 is 34.6 Å². The highest BCUT2D eigenvalue weighted by molar-refractivity contribution is 6.10. The first kappa shape index (κ1) is 24.0. The molecule has 4 aliphatic rings. The summed E-state index contributed by atoms with van der Waals surface area (Å²) in [6.45, 7) is 9.78. The molecule has 3 fully saturated rings. The lowest BCUT2D eigenvalue weighted by Crippen LogP contribution is -2.58. The first-order valence-electron chi connectivity index (χ1n) is 12.9. The molecule has 188 valence electrons. The molecule has 5 rings (SSSR count). The number of nitrogens with zero attached hydrogens (tertiary/aromatic N) is 1. The van der Waals surface area contributed by atoms with Crippen molar-refractivity contribution < 1.29 is 19.1 Å².